The number of nitrogens with zero attached hydrogens (tertiary/aromatic N) is 1. The molecule has 3 heteroatoms. The lowest BCUT2D eigenvalue weighted by molar-refractivity contribution is 0.411. The fourth-order valence-electron chi connectivity index (χ4n) is 1.80. The van der Waals surface area contributed by atoms with Crippen LogP contribution in [-0.2, 0) is 0 Å². The maximum atomic E-state index is 5.43. The van der Waals surface area contributed by atoms with Crippen LogP contribution in [0.5, 0.6) is 5.75 Å². The van der Waals surface area contributed by atoms with Crippen LogP contribution in [0.2, 0.25) is 0 Å². The number of hydrogen-bond acceptors (Lipinski definition) is 3. The number of aryl methyl sites for hydroxylation is 2. The maximum absolute atomic E-state index is 5.43. The number of benzene rings is 1. The van der Waals surface area contributed by atoms with Crippen LogP contribution in [0.1, 0.15) is 11.1 Å². The summed E-state index contributed by atoms with van der Waals surface area (Å²) in [6.07, 6.45) is 0. The summed E-state index contributed by atoms with van der Waals surface area (Å²) in [6, 6.07) is 4.28. The first-order chi connectivity index (χ1) is 7.10. The molecule has 15 heavy (non-hydrogen) atoms. The van der Waals surface area contributed by atoms with Gasteiger partial charge in [0.15, 0.2) is 0 Å². The third-order valence-corrected chi connectivity index (χ3v) is 2.41. The van der Waals surface area contributed by atoms with Crippen LogP contribution in [0.25, 0.3) is 0 Å². The van der Waals surface area contributed by atoms with Gasteiger partial charge in [-0.3, -0.25) is 0 Å². The van der Waals surface area contributed by atoms with Gasteiger partial charge in [-0.2, -0.15) is 0 Å². The van der Waals surface area contributed by atoms with E-state index < -0.39 is 0 Å². The van der Waals surface area contributed by atoms with E-state index in [4.69, 9.17) is 4.74 Å². The van der Waals surface area contributed by atoms with Gasteiger partial charge in [0.2, 0.25) is 0 Å². The van der Waals surface area contributed by atoms with Crippen LogP contribution in [0.15, 0.2) is 12.1 Å². The summed E-state index contributed by atoms with van der Waals surface area (Å²) in [6.45, 7) is 4.98. The van der Waals surface area contributed by atoms with E-state index >= 15 is 0 Å². The zero-order valence-corrected chi connectivity index (χ0v) is 10.2. The van der Waals surface area contributed by atoms with Gasteiger partial charge in [-0.15, -0.1) is 0 Å². The molecule has 1 rings (SSSR count). The second kappa shape index (κ2) is 5.03. The highest BCUT2D eigenvalue weighted by Crippen LogP contribution is 2.31. The van der Waals surface area contributed by atoms with Crippen LogP contribution >= 0.6 is 0 Å². The number of ether oxygens (including phenoxy) is 1. The highest BCUT2D eigenvalue weighted by Gasteiger charge is 2.10. The Balaban J connectivity index is 3.13. The third-order valence-electron chi connectivity index (χ3n) is 2.41. The van der Waals surface area contributed by atoms with E-state index in [0.29, 0.717) is 0 Å². The molecule has 0 aliphatic carbocycles. The highest BCUT2D eigenvalue weighted by molar-refractivity contribution is 5.62. The van der Waals surface area contributed by atoms with Crippen molar-refractivity contribution in [3.8, 4) is 5.75 Å². The van der Waals surface area contributed by atoms with Gasteiger partial charge in [-0.25, -0.2) is 0 Å². The molecule has 1 aromatic rings. The van der Waals surface area contributed by atoms with Gasteiger partial charge in [0.25, 0.3) is 0 Å². The van der Waals surface area contributed by atoms with Crippen molar-refractivity contribution in [1.29, 1.82) is 0 Å². The standard InChI is InChI=1S/C12H20N2O/c1-9-6-10(2)12(15-5)11(7-9)14(4)8-13-3/h6-7,13H,8H2,1-5H3. The summed E-state index contributed by atoms with van der Waals surface area (Å²) in [5, 5.41) is 3.13. The van der Waals surface area contributed by atoms with Crippen molar-refractivity contribution >= 4 is 5.69 Å². The smallest absolute Gasteiger partial charge is 0.145 e. The van der Waals surface area contributed by atoms with E-state index in [1.165, 1.54) is 11.1 Å². The highest BCUT2D eigenvalue weighted by atomic mass is 16.5. The lowest BCUT2D eigenvalue weighted by atomic mass is 10.1. The summed E-state index contributed by atoms with van der Waals surface area (Å²) in [5.41, 5.74) is 3.56. The Morgan fingerprint density at radius 3 is 2.53 bits per heavy atom. The second-order valence-electron chi connectivity index (χ2n) is 3.84. The summed E-state index contributed by atoms with van der Waals surface area (Å²) >= 11 is 0. The molecule has 0 bridgehead atoms. The van der Waals surface area contributed by atoms with Gasteiger partial charge < -0.3 is 15.0 Å². The van der Waals surface area contributed by atoms with Crippen molar-refractivity contribution in [3.05, 3.63) is 23.3 Å². The fourth-order valence-corrected chi connectivity index (χ4v) is 1.80. The molecule has 0 aliphatic rings. The quantitative estimate of drug-likeness (QED) is 0.765. The second-order valence-corrected chi connectivity index (χ2v) is 3.84. The molecule has 0 amide bonds. The SMILES string of the molecule is CNCN(C)c1cc(C)cc(C)c1OC. The molecule has 0 heterocycles. The summed E-state index contributed by atoms with van der Waals surface area (Å²) < 4.78 is 5.43. The van der Waals surface area contributed by atoms with Crippen LogP contribution in [0.3, 0.4) is 0 Å². The van der Waals surface area contributed by atoms with Crippen molar-refractivity contribution in [2.24, 2.45) is 0 Å². The number of methoxy groups -OCH3 is 1. The summed E-state index contributed by atoms with van der Waals surface area (Å²) in [4.78, 5) is 2.14. The van der Waals surface area contributed by atoms with E-state index in [1.807, 2.05) is 14.1 Å². The molecule has 3 nitrogen and oxygen atoms in total. The van der Waals surface area contributed by atoms with Crippen LogP contribution in [0, 0.1) is 13.8 Å². The Labute approximate surface area is 92.0 Å². The molecule has 84 valence electrons. The van der Waals surface area contributed by atoms with E-state index in [0.717, 1.165) is 18.1 Å². The Kier molecular flexibility index (Phi) is 3.97. The van der Waals surface area contributed by atoms with Crippen molar-refractivity contribution in [2.75, 3.05) is 32.8 Å². The average molecular weight is 208 g/mol. The molecule has 0 unspecified atom stereocenters. The monoisotopic (exact) mass is 208 g/mol. The molecule has 0 saturated heterocycles. The first-order valence-corrected chi connectivity index (χ1v) is 5.11. The Bertz CT molecular complexity index is 337. The Hall–Kier alpha value is -1.22. The van der Waals surface area contributed by atoms with Crippen LogP contribution in [-0.4, -0.2) is 27.9 Å². The predicted octanol–water partition coefficient (Wildman–Crippen LogP) is 1.93. The van der Waals surface area contributed by atoms with Gasteiger partial charge in [0.1, 0.15) is 5.75 Å². The molecule has 0 radical (unpaired) electrons. The van der Waals surface area contributed by atoms with E-state index in [2.05, 4.69) is 36.2 Å². The lowest BCUT2D eigenvalue weighted by Gasteiger charge is -2.23. The number of hydrogen-bond donors (Lipinski definition) is 1. The fraction of sp³-hybridized carbons (Fsp3) is 0.500. The van der Waals surface area contributed by atoms with Gasteiger partial charge in [0.05, 0.1) is 19.5 Å². The average Bonchev–Trinajstić information content (AvgIpc) is 2.17. The molecule has 1 N–H and O–H groups in total. The van der Waals surface area contributed by atoms with Crippen LogP contribution < -0.4 is 15.0 Å². The molecular formula is C12H20N2O. The van der Waals surface area contributed by atoms with E-state index in [9.17, 15) is 0 Å². The largest absolute Gasteiger partial charge is 0.494 e. The molecule has 0 aromatic heterocycles. The zero-order chi connectivity index (χ0) is 11.4. The molecule has 0 aliphatic heterocycles. The number of anilines is 1. The number of nitrogens with one attached hydrogen (secondary N) is 1. The first kappa shape index (κ1) is 11.9. The first-order valence-electron chi connectivity index (χ1n) is 5.11. The van der Waals surface area contributed by atoms with Crippen molar-refractivity contribution in [2.45, 2.75) is 13.8 Å². The molecule has 0 fully saturated rings. The molecule has 1 aromatic carbocycles. The predicted molar refractivity (Wildman–Crippen MR) is 64.8 cm³/mol. The Morgan fingerprint density at radius 1 is 1.33 bits per heavy atom. The zero-order valence-electron chi connectivity index (χ0n) is 10.2. The van der Waals surface area contributed by atoms with Crippen molar-refractivity contribution < 1.29 is 4.74 Å². The van der Waals surface area contributed by atoms with E-state index in [1.54, 1.807) is 7.11 Å². The van der Waals surface area contributed by atoms with Gasteiger partial charge >= 0.3 is 0 Å². The maximum Gasteiger partial charge on any atom is 0.145 e. The minimum Gasteiger partial charge on any atom is -0.494 e. The molecule has 0 saturated carbocycles. The molecule has 0 spiro atoms. The normalized spacial score (nSPS) is 10.2. The van der Waals surface area contributed by atoms with E-state index in [-0.39, 0.29) is 0 Å². The lowest BCUT2D eigenvalue weighted by Crippen LogP contribution is -2.28. The van der Waals surface area contributed by atoms with Gasteiger partial charge in [0, 0.05) is 7.05 Å². The van der Waals surface area contributed by atoms with Crippen molar-refractivity contribution in [1.82, 2.24) is 5.32 Å². The van der Waals surface area contributed by atoms with Crippen molar-refractivity contribution in [3.63, 3.8) is 0 Å². The Morgan fingerprint density at radius 2 is 2.00 bits per heavy atom. The molecular weight excluding hydrogens is 188 g/mol. The minimum atomic E-state index is 0.805. The topological polar surface area (TPSA) is 24.5 Å². The van der Waals surface area contributed by atoms with Gasteiger partial charge in [-0.05, 0) is 38.1 Å². The molecule has 0 atom stereocenters. The van der Waals surface area contributed by atoms with Crippen LogP contribution in [0.4, 0.5) is 5.69 Å². The summed E-state index contributed by atoms with van der Waals surface area (Å²) in [5.74, 6) is 0.957. The number of rotatable bonds is 4. The third kappa shape index (κ3) is 2.63. The minimum absolute atomic E-state index is 0.805. The van der Waals surface area contributed by atoms with Gasteiger partial charge in [-0.1, -0.05) is 6.07 Å². The summed E-state index contributed by atoms with van der Waals surface area (Å²) in [7, 11) is 5.70.